The predicted octanol–water partition coefficient (Wildman–Crippen LogP) is 7.20. The van der Waals surface area contributed by atoms with Gasteiger partial charge < -0.3 is 9.47 Å². The highest BCUT2D eigenvalue weighted by atomic mass is 35.5. The SMILES string of the molecule is Cc1nc2ccccc2n1C1C[C@H]2CC[C@@H](C1)N2CCC1(c2ccc(C(C)C)cc2)CCN(C(=O)c2ccc(Cl)c(S(N)(=O)=O)c2)CC1. The Morgan fingerprint density at radius 1 is 0.979 bits per heavy atom. The minimum atomic E-state index is -4.05. The van der Waals surface area contributed by atoms with E-state index in [1.165, 1.54) is 41.6 Å². The number of nitrogens with two attached hydrogens (primary N) is 1. The molecule has 3 saturated heterocycles. The monoisotopic (exact) mass is 687 g/mol. The maximum atomic E-state index is 13.6. The Balaban J connectivity index is 1.09. The molecule has 2 bridgehead atoms. The summed E-state index contributed by atoms with van der Waals surface area (Å²) < 4.78 is 26.6. The van der Waals surface area contributed by atoms with Crippen LogP contribution in [0.5, 0.6) is 0 Å². The molecule has 0 aliphatic carbocycles. The number of halogens is 1. The quantitative estimate of drug-likeness (QED) is 0.211. The molecule has 3 atom stereocenters. The van der Waals surface area contributed by atoms with E-state index in [2.05, 4.69) is 78.8 Å². The summed E-state index contributed by atoms with van der Waals surface area (Å²) in [5.41, 5.74) is 5.25. The Kier molecular flexibility index (Phi) is 8.94. The van der Waals surface area contributed by atoms with Crippen molar-refractivity contribution in [2.45, 2.75) is 100 Å². The van der Waals surface area contributed by atoms with Gasteiger partial charge in [0.15, 0.2) is 0 Å². The molecule has 1 amide bonds. The van der Waals surface area contributed by atoms with E-state index < -0.39 is 10.0 Å². The first kappa shape index (κ1) is 33.3. The van der Waals surface area contributed by atoms with E-state index in [4.69, 9.17) is 21.7 Å². The van der Waals surface area contributed by atoms with Crippen molar-refractivity contribution in [1.29, 1.82) is 0 Å². The molecule has 3 fully saturated rings. The minimum Gasteiger partial charge on any atom is -0.339 e. The molecule has 4 heterocycles. The second kappa shape index (κ2) is 12.9. The summed E-state index contributed by atoms with van der Waals surface area (Å²) in [6.07, 6.45) is 7.52. The number of carbonyl (C=O) groups excluding carboxylic acids is 1. The third-order valence-corrected chi connectivity index (χ3v) is 12.9. The van der Waals surface area contributed by atoms with Crippen LogP contribution in [0.4, 0.5) is 0 Å². The van der Waals surface area contributed by atoms with Crippen molar-refractivity contribution in [3.8, 4) is 0 Å². The molecule has 1 aromatic heterocycles. The van der Waals surface area contributed by atoms with E-state index in [-0.39, 0.29) is 26.8 Å². The molecule has 7 rings (SSSR count). The van der Waals surface area contributed by atoms with Crippen molar-refractivity contribution in [2.24, 2.45) is 5.14 Å². The second-order valence-electron chi connectivity index (χ2n) is 14.6. The third-order valence-electron chi connectivity index (χ3n) is 11.5. The molecule has 3 aliphatic rings. The third kappa shape index (κ3) is 6.19. The van der Waals surface area contributed by atoms with E-state index in [1.807, 2.05) is 4.90 Å². The number of rotatable bonds is 8. The van der Waals surface area contributed by atoms with Gasteiger partial charge >= 0.3 is 0 Å². The molecule has 4 aromatic rings. The number of fused-ring (bicyclic) bond motifs is 3. The second-order valence-corrected chi connectivity index (χ2v) is 16.5. The summed E-state index contributed by atoms with van der Waals surface area (Å²) in [4.78, 5) is 22.9. The van der Waals surface area contributed by atoms with Crippen LogP contribution < -0.4 is 5.14 Å². The predicted molar refractivity (Wildman–Crippen MR) is 191 cm³/mol. The molecule has 0 radical (unpaired) electrons. The number of hydrogen-bond acceptors (Lipinski definition) is 5. The number of amides is 1. The van der Waals surface area contributed by atoms with E-state index in [1.54, 1.807) is 6.07 Å². The topological polar surface area (TPSA) is 102 Å². The number of carbonyl (C=O) groups is 1. The van der Waals surface area contributed by atoms with Gasteiger partial charge in [-0.05, 0) is 111 Å². The Morgan fingerprint density at radius 2 is 1.65 bits per heavy atom. The van der Waals surface area contributed by atoms with Gasteiger partial charge in [-0.15, -0.1) is 0 Å². The van der Waals surface area contributed by atoms with Crippen molar-refractivity contribution in [3.63, 3.8) is 0 Å². The van der Waals surface area contributed by atoms with Crippen LogP contribution in [0.3, 0.4) is 0 Å². The van der Waals surface area contributed by atoms with Crippen LogP contribution in [0.25, 0.3) is 11.0 Å². The molecule has 48 heavy (non-hydrogen) atoms. The molecule has 10 heteroatoms. The Bertz CT molecular complexity index is 1920. The Morgan fingerprint density at radius 3 is 2.29 bits per heavy atom. The van der Waals surface area contributed by atoms with Gasteiger partial charge in [0, 0.05) is 36.8 Å². The Labute approximate surface area is 289 Å². The van der Waals surface area contributed by atoms with Crippen LogP contribution in [-0.4, -0.2) is 65.4 Å². The number of nitrogens with zero attached hydrogens (tertiary/aromatic N) is 4. The molecule has 1 unspecified atom stereocenters. The first-order valence-corrected chi connectivity index (χ1v) is 19.3. The molecule has 3 aromatic carbocycles. The highest BCUT2D eigenvalue weighted by Gasteiger charge is 2.44. The minimum absolute atomic E-state index is 0.0167. The number of aryl methyl sites for hydroxylation is 1. The average Bonchev–Trinajstić information content (AvgIpc) is 3.53. The lowest BCUT2D eigenvalue weighted by Crippen LogP contribution is -2.49. The van der Waals surface area contributed by atoms with Gasteiger partial charge in [-0.1, -0.05) is 61.8 Å². The number of likely N-dealkylation sites (tertiary alicyclic amines) is 1. The van der Waals surface area contributed by atoms with E-state index in [9.17, 15) is 13.2 Å². The number of piperidine rings is 2. The van der Waals surface area contributed by atoms with E-state index >= 15 is 0 Å². The molecule has 3 aliphatic heterocycles. The summed E-state index contributed by atoms with van der Waals surface area (Å²) in [6, 6.07) is 23.6. The lowest BCUT2D eigenvalue weighted by atomic mass is 9.70. The smallest absolute Gasteiger partial charge is 0.253 e. The number of hydrogen-bond donors (Lipinski definition) is 1. The summed E-state index contributed by atoms with van der Waals surface area (Å²) >= 11 is 6.10. The maximum Gasteiger partial charge on any atom is 0.253 e. The zero-order chi connectivity index (χ0) is 33.8. The van der Waals surface area contributed by atoms with Crippen LogP contribution in [-0.2, 0) is 15.4 Å². The molecule has 254 valence electrons. The average molecular weight is 688 g/mol. The van der Waals surface area contributed by atoms with Crippen LogP contribution in [0.15, 0.2) is 71.6 Å². The Hall–Kier alpha value is -3.24. The molecular weight excluding hydrogens is 642 g/mol. The van der Waals surface area contributed by atoms with Crippen LogP contribution >= 0.6 is 11.6 Å². The molecule has 0 spiro atoms. The number of benzene rings is 3. The summed E-state index contributed by atoms with van der Waals surface area (Å²) in [5, 5.41) is 5.39. The normalized spacial score (nSPS) is 22.9. The van der Waals surface area contributed by atoms with Gasteiger partial charge in [0.05, 0.1) is 16.1 Å². The fourth-order valence-corrected chi connectivity index (χ4v) is 9.94. The number of sulfonamides is 1. The number of primary sulfonamides is 1. The highest BCUT2D eigenvalue weighted by molar-refractivity contribution is 7.89. The van der Waals surface area contributed by atoms with Crippen molar-refractivity contribution in [3.05, 3.63) is 94.3 Å². The first-order chi connectivity index (χ1) is 22.9. The fraction of sp³-hybridized carbons (Fsp3) is 0.474. The highest BCUT2D eigenvalue weighted by Crippen LogP contribution is 2.45. The fourth-order valence-electron chi connectivity index (χ4n) is 8.87. The van der Waals surface area contributed by atoms with Crippen molar-refractivity contribution < 1.29 is 13.2 Å². The van der Waals surface area contributed by atoms with Crippen molar-refractivity contribution in [1.82, 2.24) is 19.4 Å². The van der Waals surface area contributed by atoms with Crippen LogP contribution in [0, 0.1) is 6.92 Å². The van der Waals surface area contributed by atoms with Crippen LogP contribution in [0.2, 0.25) is 5.02 Å². The largest absolute Gasteiger partial charge is 0.339 e. The van der Waals surface area contributed by atoms with Crippen molar-refractivity contribution >= 4 is 38.6 Å². The van der Waals surface area contributed by atoms with Gasteiger partial charge in [-0.3, -0.25) is 9.69 Å². The van der Waals surface area contributed by atoms with E-state index in [0.717, 1.165) is 50.0 Å². The summed E-state index contributed by atoms with van der Waals surface area (Å²) in [5.74, 6) is 1.38. The zero-order valence-electron chi connectivity index (χ0n) is 28.1. The first-order valence-electron chi connectivity index (χ1n) is 17.3. The number of aromatic nitrogens is 2. The molecular formula is C38H46ClN5O3S. The molecule has 0 saturated carbocycles. The summed E-state index contributed by atoms with van der Waals surface area (Å²) in [6.45, 7) is 8.83. The van der Waals surface area contributed by atoms with Gasteiger partial charge in [0.2, 0.25) is 10.0 Å². The lowest BCUT2D eigenvalue weighted by molar-refractivity contribution is 0.0606. The number of para-hydroxylation sites is 2. The lowest BCUT2D eigenvalue weighted by Gasteiger charge is -2.46. The molecule has 8 nitrogen and oxygen atoms in total. The summed E-state index contributed by atoms with van der Waals surface area (Å²) in [7, 11) is -4.05. The van der Waals surface area contributed by atoms with Gasteiger partial charge in [-0.25, -0.2) is 18.5 Å². The standard InChI is InChI=1S/C38H46ClN5O3S/c1-25(2)27-8-11-29(12-9-27)38(16-19-42(20-17-38)37(45)28-10-15-33(39)36(22-28)48(40,46)47)18-21-43-30-13-14-31(43)24-32(23-30)44-26(3)41-34-6-4-5-7-35(34)44/h4-12,15,22,25,30-32H,13-14,16-21,23-24H2,1-3H3,(H2,40,46,47)/t30-,31+,32?. The van der Waals surface area contributed by atoms with Gasteiger partial charge in [0.25, 0.3) is 5.91 Å². The zero-order valence-corrected chi connectivity index (χ0v) is 29.7. The van der Waals surface area contributed by atoms with Gasteiger partial charge in [0.1, 0.15) is 10.7 Å². The van der Waals surface area contributed by atoms with Crippen molar-refractivity contribution in [2.75, 3.05) is 19.6 Å². The van der Waals surface area contributed by atoms with Crippen LogP contribution in [0.1, 0.15) is 98.1 Å². The maximum absolute atomic E-state index is 13.6. The van der Waals surface area contributed by atoms with Gasteiger partial charge in [-0.2, -0.15) is 0 Å². The van der Waals surface area contributed by atoms with E-state index in [0.29, 0.717) is 37.1 Å². The molecule has 2 N–H and O–H groups in total. The number of imidazole rings is 1.